The molecule has 4 aromatic carbocycles. The topological polar surface area (TPSA) is 77.7 Å². The molecule has 1 unspecified atom stereocenters. The molecule has 2 N–H and O–H groups in total. The van der Waals surface area contributed by atoms with Gasteiger partial charge in [-0.2, -0.15) is 0 Å². The van der Waals surface area contributed by atoms with Gasteiger partial charge in [-0.3, -0.25) is 5.32 Å². The number of nitrogens with one attached hydrogen (secondary N) is 1. The highest BCUT2D eigenvalue weighted by Gasteiger charge is 2.79. The monoisotopic (exact) mass is 531 g/mol. The average molecular weight is 532 g/mol. The number of carbonyl (C=O) groups excluding carboxylic acids is 1. The number of aliphatic hydroxyl groups is 1. The molecule has 0 aliphatic carbocycles. The van der Waals surface area contributed by atoms with Crippen molar-refractivity contribution in [1.29, 1.82) is 0 Å². The summed E-state index contributed by atoms with van der Waals surface area (Å²) in [4.78, 5) is 13.9. The van der Waals surface area contributed by atoms with Gasteiger partial charge in [0.25, 0.3) is 0 Å². The van der Waals surface area contributed by atoms with E-state index in [0.717, 1.165) is 0 Å². The molecule has 2 aliphatic rings. The summed E-state index contributed by atoms with van der Waals surface area (Å²) < 4.78 is 12.3. The normalized spacial score (nSPS) is 27.9. The molecule has 2 heterocycles. The van der Waals surface area contributed by atoms with Crippen molar-refractivity contribution in [2.24, 2.45) is 0 Å². The molecule has 0 radical (unpaired) electrons. The van der Waals surface area contributed by atoms with Crippen molar-refractivity contribution in [3.05, 3.63) is 141 Å². The molecule has 186 valence electrons. The highest BCUT2D eigenvalue weighted by Crippen LogP contribution is 2.65. The summed E-state index contributed by atoms with van der Waals surface area (Å²) in [5.74, 6) is -2.42. The van der Waals surface area contributed by atoms with E-state index < -0.39 is 28.9 Å². The van der Waals surface area contributed by atoms with Gasteiger partial charge in [0.2, 0.25) is 5.79 Å². The third-order valence-electron chi connectivity index (χ3n) is 7.39. The molecule has 0 saturated carbocycles. The molecule has 4 atom stereocenters. The molecular weight excluding hydrogens is 509 g/mol. The Morgan fingerprint density at radius 1 is 0.811 bits per heavy atom. The summed E-state index contributed by atoms with van der Waals surface area (Å²) in [6.45, 7) is 0. The minimum absolute atomic E-state index is 0.406. The number of fused-ring (bicyclic) bond motifs is 1. The van der Waals surface area contributed by atoms with E-state index in [1.165, 1.54) is 7.11 Å². The second kappa shape index (κ2) is 8.69. The molecular formula is C30H23Cl2NO4. The van der Waals surface area contributed by atoms with Crippen LogP contribution in [0.25, 0.3) is 0 Å². The SMILES string of the molecule is COC(=O)[C@]1([C@@]2(c3ccccc3)OC(O)(c3ccccc3)c3ccccc32)N[C@@H]1c1c(Cl)cccc1Cl. The lowest BCUT2D eigenvalue weighted by molar-refractivity contribution is -0.233. The lowest BCUT2D eigenvalue weighted by Gasteiger charge is -2.39. The van der Waals surface area contributed by atoms with Crippen molar-refractivity contribution in [2.75, 3.05) is 7.11 Å². The Morgan fingerprint density at radius 2 is 1.35 bits per heavy atom. The predicted octanol–water partition coefficient (Wildman–Crippen LogP) is 5.72. The van der Waals surface area contributed by atoms with Crippen LogP contribution in [0.1, 0.15) is 33.9 Å². The van der Waals surface area contributed by atoms with Crippen LogP contribution in [-0.2, 0) is 25.7 Å². The highest BCUT2D eigenvalue weighted by atomic mass is 35.5. The van der Waals surface area contributed by atoms with Crippen molar-refractivity contribution in [3.8, 4) is 0 Å². The van der Waals surface area contributed by atoms with E-state index in [-0.39, 0.29) is 0 Å². The predicted molar refractivity (Wildman–Crippen MR) is 141 cm³/mol. The maximum absolute atomic E-state index is 13.9. The van der Waals surface area contributed by atoms with Crippen LogP contribution in [0.15, 0.2) is 103 Å². The van der Waals surface area contributed by atoms with Gasteiger partial charge >= 0.3 is 5.97 Å². The molecule has 0 amide bonds. The molecule has 1 fully saturated rings. The summed E-state index contributed by atoms with van der Waals surface area (Å²) in [5.41, 5.74) is -0.0703. The van der Waals surface area contributed by atoms with Crippen LogP contribution < -0.4 is 5.32 Å². The molecule has 1 saturated heterocycles. The lowest BCUT2D eigenvalue weighted by atomic mass is 9.72. The molecule has 0 bridgehead atoms. The van der Waals surface area contributed by atoms with Crippen molar-refractivity contribution in [3.63, 3.8) is 0 Å². The molecule has 6 rings (SSSR count). The summed E-state index contributed by atoms with van der Waals surface area (Å²) in [6.07, 6.45) is 0. The zero-order chi connectivity index (χ0) is 25.8. The first-order chi connectivity index (χ1) is 17.9. The van der Waals surface area contributed by atoms with Gasteiger partial charge in [0, 0.05) is 26.7 Å². The van der Waals surface area contributed by atoms with Crippen LogP contribution in [0.2, 0.25) is 10.0 Å². The number of rotatable bonds is 5. The van der Waals surface area contributed by atoms with Crippen LogP contribution >= 0.6 is 23.2 Å². The number of benzene rings is 4. The van der Waals surface area contributed by atoms with E-state index in [9.17, 15) is 9.90 Å². The van der Waals surface area contributed by atoms with Gasteiger partial charge in [0.1, 0.15) is 0 Å². The quantitative estimate of drug-likeness (QED) is 0.254. The largest absolute Gasteiger partial charge is 0.467 e. The Morgan fingerprint density at radius 3 is 1.95 bits per heavy atom. The van der Waals surface area contributed by atoms with E-state index in [0.29, 0.717) is 37.9 Å². The standard InChI is InChI=1S/C30H23Cl2NO4/c1-36-27(34)28(26(33-28)25-23(31)17-10-18-24(25)32)29(19-11-4-2-5-12-19)21-15-8-9-16-22(21)30(35,37-29)20-13-6-3-7-14-20/h2-18,26,33,35H,1H3/t26-,28-,29+,30?/m1/s1. The fraction of sp³-hybridized carbons (Fsp3) is 0.167. The zero-order valence-corrected chi connectivity index (χ0v) is 21.3. The summed E-state index contributed by atoms with van der Waals surface area (Å²) in [5, 5.41) is 16.4. The van der Waals surface area contributed by atoms with E-state index in [4.69, 9.17) is 32.7 Å². The molecule has 5 nitrogen and oxygen atoms in total. The van der Waals surface area contributed by atoms with E-state index >= 15 is 0 Å². The Kier molecular flexibility index (Phi) is 5.68. The van der Waals surface area contributed by atoms with Crippen LogP contribution in [0, 0.1) is 0 Å². The fourth-order valence-electron chi connectivity index (χ4n) is 5.75. The first-order valence-corrected chi connectivity index (χ1v) is 12.6. The third kappa shape index (κ3) is 3.26. The molecule has 4 aromatic rings. The Hall–Kier alpha value is -3.19. The number of ether oxygens (including phenoxy) is 2. The first kappa shape index (κ1) is 24.2. The minimum atomic E-state index is -1.85. The number of hydrogen-bond acceptors (Lipinski definition) is 5. The number of carbonyl (C=O) groups is 1. The third-order valence-corrected chi connectivity index (χ3v) is 8.05. The Bertz CT molecular complexity index is 1480. The number of esters is 1. The Balaban J connectivity index is 1.68. The smallest absolute Gasteiger partial charge is 0.331 e. The van der Waals surface area contributed by atoms with E-state index in [1.54, 1.807) is 30.3 Å². The lowest BCUT2D eigenvalue weighted by Crippen LogP contribution is -2.53. The van der Waals surface area contributed by atoms with E-state index in [1.807, 2.05) is 72.8 Å². The van der Waals surface area contributed by atoms with Gasteiger partial charge in [-0.05, 0) is 23.3 Å². The van der Waals surface area contributed by atoms with Crippen molar-refractivity contribution < 1.29 is 19.4 Å². The van der Waals surface area contributed by atoms with Gasteiger partial charge in [0.05, 0.1) is 13.2 Å². The second-order valence-corrected chi connectivity index (χ2v) is 10.0. The van der Waals surface area contributed by atoms with Crippen molar-refractivity contribution in [2.45, 2.75) is 23.0 Å². The van der Waals surface area contributed by atoms with Crippen molar-refractivity contribution >= 4 is 29.2 Å². The summed E-state index contributed by atoms with van der Waals surface area (Å²) in [6, 6.07) is 30.4. The molecule has 37 heavy (non-hydrogen) atoms. The van der Waals surface area contributed by atoms with Crippen LogP contribution in [0.3, 0.4) is 0 Å². The minimum Gasteiger partial charge on any atom is -0.467 e. The first-order valence-electron chi connectivity index (χ1n) is 11.8. The number of methoxy groups -OCH3 is 1. The van der Waals surface area contributed by atoms with Crippen LogP contribution in [0.4, 0.5) is 0 Å². The maximum Gasteiger partial charge on any atom is 0.331 e. The molecule has 2 aliphatic heterocycles. The zero-order valence-electron chi connectivity index (χ0n) is 19.8. The maximum atomic E-state index is 13.9. The number of hydrogen-bond donors (Lipinski definition) is 2. The average Bonchev–Trinajstić information content (AvgIpc) is 3.61. The molecule has 0 aromatic heterocycles. The van der Waals surface area contributed by atoms with Crippen LogP contribution in [0.5, 0.6) is 0 Å². The van der Waals surface area contributed by atoms with Crippen molar-refractivity contribution in [1.82, 2.24) is 5.32 Å². The Labute approximate surface area is 224 Å². The van der Waals surface area contributed by atoms with Gasteiger partial charge in [-0.1, -0.05) is 114 Å². The van der Waals surface area contributed by atoms with Crippen LogP contribution in [-0.4, -0.2) is 23.7 Å². The summed E-state index contributed by atoms with van der Waals surface area (Å²) >= 11 is 13.2. The van der Waals surface area contributed by atoms with Gasteiger partial charge in [-0.15, -0.1) is 0 Å². The summed E-state index contributed by atoms with van der Waals surface area (Å²) in [7, 11) is 1.33. The van der Waals surface area contributed by atoms with Gasteiger partial charge in [0.15, 0.2) is 11.1 Å². The second-order valence-electron chi connectivity index (χ2n) is 9.22. The number of halogens is 2. The van der Waals surface area contributed by atoms with Gasteiger partial charge in [-0.25, -0.2) is 4.79 Å². The van der Waals surface area contributed by atoms with Gasteiger partial charge < -0.3 is 14.6 Å². The molecule has 7 heteroatoms. The fourth-order valence-corrected chi connectivity index (χ4v) is 6.37. The highest BCUT2D eigenvalue weighted by molar-refractivity contribution is 6.36. The molecule has 0 spiro atoms. The van der Waals surface area contributed by atoms with E-state index in [2.05, 4.69) is 5.32 Å².